The first kappa shape index (κ1) is 13.0. The fourth-order valence-electron chi connectivity index (χ4n) is 3.61. The van der Waals surface area contributed by atoms with Gasteiger partial charge < -0.3 is 9.47 Å². The summed E-state index contributed by atoms with van der Waals surface area (Å²) in [6.07, 6.45) is 8.48. The Labute approximate surface area is 116 Å². The average molecular weight is 260 g/mol. The standard InChI is InChI=1S/C17H24O2/c1-18-16-9-7-13(8-10-16)4-2-5-14-12-15-6-3-11-19-17(14)15/h7-10,14-15,17H,2-6,11-12H2,1H3/t14-,15+,17-/m0/s1. The van der Waals surface area contributed by atoms with E-state index in [0.29, 0.717) is 6.10 Å². The lowest BCUT2D eigenvalue weighted by molar-refractivity contribution is -0.129. The van der Waals surface area contributed by atoms with Gasteiger partial charge in [-0.05, 0) is 68.1 Å². The molecule has 19 heavy (non-hydrogen) atoms. The summed E-state index contributed by atoms with van der Waals surface area (Å²) >= 11 is 0. The molecule has 2 fully saturated rings. The molecule has 0 unspecified atom stereocenters. The van der Waals surface area contributed by atoms with Crippen LogP contribution in [0.1, 0.15) is 37.7 Å². The van der Waals surface area contributed by atoms with Gasteiger partial charge in [-0.3, -0.25) is 0 Å². The lowest BCUT2D eigenvalue weighted by atomic mass is 9.67. The normalized spacial score (nSPS) is 29.4. The van der Waals surface area contributed by atoms with Gasteiger partial charge in [0.05, 0.1) is 13.2 Å². The highest BCUT2D eigenvalue weighted by atomic mass is 16.5. The number of hydrogen-bond acceptors (Lipinski definition) is 2. The molecule has 1 aromatic carbocycles. The molecule has 3 atom stereocenters. The van der Waals surface area contributed by atoms with E-state index in [-0.39, 0.29) is 0 Å². The number of aryl methyl sites for hydroxylation is 1. The van der Waals surface area contributed by atoms with E-state index in [1.54, 1.807) is 7.11 Å². The zero-order valence-corrected chi connectivity index (χ0v) is 11.8. The smallest absolute Gasteiger partial charge is 0.118 e. The van der Waals surface area contributed by atoms with Gasteiger partial charge in [-0.15, -0.1) is 0 Å². The summed E-state index contributed by atoms with van der Waals surface area (Å²) in [6.45, 7) is 0.996. The van der Waals surface area contributed by atoms with Crippen LogP contribution >= 0.6 is 0 Å². The maximum atomic E-state index is 5.91. The number of hydrogen-bond donors (Lipinski definition) is 0. The van der Waals surface area contributed by atoms with Crippen molar-refractivity contribution >= 4 is 0 Å². The predicted octanol–water partition coefficient (Wildman–Crippen LogP) is 3.83. The maximum absolute atomic E-state index is 5.91. The van der Waals surface area contributed by atoms with E-state index in [4.69, 9.17) is 9.47 Å². The van der Waals surface area contributed by atoms with E-state index in [1.807, 2.05) is 0 Å². The Bertz CT molecular complexity index is 398. The first-order valence-electron chi connectivity index (χ1n) is 7.61. The van der Waals surface area contributed by atoms with Gasteiger partial charge in [-0.2, -0.15) is 0 Å². The van der Waals surface area contributed by atoms with Gasteiger partial charge in [0.15, 0.2) is 0 Å². The summed E-state index contributed by atoms with van der Waals surface area (Å²) in [6, 6.07) is 8.47. The van der Waals surface area contributed by atoms with E-state index in [9.17, 15) is 0 Å². The topological polar surface area (TPSA) is 18.5 Å². The van der Waals surface area contributed by atoms with Crippen molar-refractivity contribution in [3.05, 3.63) is 29.8 Å². The molecule has 2 nitrogen and oxygen atoms in total. The fourth-order valence-corrected chi connectivity index (χ4v) is 3.61. The van der Waals surface area contributed by atoms with Crippen molar-refractivity contribution in [3.8, 4) is 5.75 Å². The molecule has 1 saturated carbocycles. The fraction of sp³-hybridized carbons (Fsp3) is 0.647. The van der Waals surface area contributed by atoms with E-state index < -0.39 is 0 Å². The number of rotatable bonds is 5. The van der Waals surface area contributed by atoms with Crippen LogP contribution in [0.5, 0.6) is 5.75 Å². The Morgan fingerprint density at radius 1 is 1.26 bits per heavy atom. The third-order valence-electron chi connectivity index (χ3n) is 4.76. The van der Waals surface area contributed by atoms with E-state index in [2.05, 4.69) is 24.3 Å². The van der Waals surface area contributed by atoms with Crippen LogP contribution in [0.2, 0.25) is 0 Å². The molecule has 0 bridgehead atoms. The Hall–Kier alpha value is -1.02. The summed E-state index contributed by atoms with van der Waals surface area (Å²) in [5.41, 5.74) is 1.42. The van der Waals surface area contributed by atoms with Gasteiger partial charge in [-0.25, -0.2) is 0 Å². The van der Waals surface area contributed by atoms with Crippen LogP contribution in [0.25, 0.3) is 0 Å². The quantitative estimate of drug-likeness (QED) is 0.801. The number of benzene rings is 1. The van der Waals surface area contributed by atoms with Gasteiger partial charge in [-0.1, -0.05) is 12.1 Å². The predicted molar refractivity (Wildman–Crippen MR) is 76.5 cm³/mol. The largest absolute Gasteiger partial charge is 0.497 e. The molecule has 0 N–H and O–H groups in total. The minimum absolute atomic E-state index is 0.601. The molecule has 0 aromatic heterocycles. The number of ether oxygens (including phenoxy) is 2. The van der Waals surface area contributed by atoms with Crippen molar-refractivity contribution in [2.75, 3.05) is 13.7 Å². The van der Waals surface area contributed by atoms with E-state index >= 15 is 0 Å². The van der Waals surface area contributed by atoms with Crippen LogP contribution in [-0.4, -0.2) is 19.8 Å². The molecular weight excluding hydrogens is 236 g/mol. The molecule has 0 spiro atoms. The molecule has 1 heterocycles. The third kappa shape index (κ3) is 2.94. The molecule has 2 heteroatoms. The SMILES string of the molecule is COc1ccc(CCC[C@H]2C[C@H]3CCCO[C@H]32)cc1. The molecule has 104 valence electrons. The Morgan fingerprint density at radius 3 is 2.84 bits per heavy atom. The second-order valence-electron chi connectivity index (χ2n) is 5.97. The highest BCUT2D eigenvalue weighted by Crippen LogP contribution is 2.44. The zero-order valence-electron chi connectivity index (χ0n) is 11.8. The van der Waals surface area contributed by atoms with Crippen molar-refractivity contribution in [1.82, 2.24) is 0 Å². The van der Waals surface area contributed by atoms with Gasteiger partial charge >= 0.3 is 0 Å². The Kier molecular flexibility index (Phi) is 4.07. The molecule has 1 aliphatic heterocycles. The van der Waals surface area contributed by atoms with Crippen molar-refractivity contribution in [1.29, 1.82) is 0 Å². The van der Waals surface area contributed by atoms with Crippen molar-refractivity contribution in [2.45, 2.75) is 44.6 Å². The first-order valence-corrected chi connectivity index (χ1v) is 7.61. The highest BCUT2D eigenvalue weighted by Gasteiger charge is 2.42. The Balaban J connectivity index is 1.40. The van der Waals surface area contributed by atoms with Gasteiger partial charge in [0, 0.05) is 6.61 Å². The van der Waals surface area contributed by atoms with E-state index in [1.165, 1.54) is 44.1 Å². The summed E-state index contributed by atoms with van der Waals surface area (Å²) < 4.78 is 11.1. The molecule has 1 saturated heterocycles. The highest BCUT2D eigenvalue weighted by molar-refractivity contribution is 5.27. The van der Waals surface area contributed by atoms with Crippen LogP contribution in [0.15, 0.2) is 24.3 Å². The molecule has 1 aliphatic carbocycles. The zero-order chi connectivity index (χ0) is 13.1. The van der Waals surface area contributed by atoms with Crippen molar-refractivity contribution in [3.63, 3.8) is 0 Å². The molecule has 0 amide bonds. The lowest BCUT2D eigenvalue weighted by Crippen LogP contribution is -2.46. The second kappa shape index (κ2) is 5.96. The van der Waals surface area contributed by atoms with Gasteiger partial charge in [0.25, 0.3) is 0 Å². The third-order valence-corrected chi connectivity index (χ3v) is 4.76. The molecule has 3 rings (SSSR count). The maximum Gasteiger partial charge on any atom is 0.118 e. The van der Waals surface area contributed by atoms with E-state index in [0.717, 1.165) is 24.2 Å². The lowest BCUT2D eigenvalue weighted by Gasteiger charge is -2.47. The van der Waals surface area contributed by atoms with Gasteiger partial charge in [0.1, 0.15) is 5.75 Å². The molecule has 2 aliphatic rings. The summed E-state index contributed by atoms with van der Waals surface area (Å²) in [5.74, 6) is 2.67. The van der Waals surface area contributed by atoms with Gasteiger partial charge in [0.2, 0.25) is 0 Å². The van der Waals surface area contributed by atoms with Crippen LogP contribution in [0.3, 0.4) is 0 Å². The second-order valence-corrected chi connectivity index (χ2v) is 5.97. The Morgan fingerprint density at radius 2 is 2.11 bits per heavy atom. The average Bonchev–Trinajstić information content (AvgIpc) is 2.44. The van der Waals surface area contributed by atoms with Crippen LogP contribution < -0.4 is 4.74 Å². The number of fused-ring (bicyclic) bond motifs is 1. The van der Waals surface area contributed by atoms with Crippen LogP contribution in [0.4, 0.5) is 0 Å². The van der Waals surface area contributed by atoms with Crippen molar-refractivity contribution < 1.29 is 9.47 Å². The summed E-state index contributed by atoms with van der Waals surface area (Å²) in [4.78, 5) is 0. The minimum atomic E-state index is 0.601. The van der Waals surface area contributed by atoms with Crippen LogP contribution in [0, 0.1) is 11.8 Å². The molecular formula is C17H24O2. The first-order chi connectivity index (χ1) is 9.36. The molecule has 1 aromatic rings. The summed E-state index contributed by atoms with van der Waals surface area (Å²) in [5, 5.41) is 0. The minimum Gasteiger partial charge on any atom is -0.497 e. The van der Waals surface area contributed by atoms with Crippen molar-refractivity contribution in [2.24, 2.45) is 11.8 Å². The monoisotopic (exact) mass is 260 g/mol. The summed E-state index contributed by atoms with van der Waals surface area (Å²) in [7, 11) is 1.71. The molecule has 0 radical (unpaired) electrons. The van der Waals surface area contributed by atoms with Crippen LogP contribution in [-0.2, 0) is 11.2 Å². The number of methoxy groups -OCH3 is 1.